The number of aromatic nitrogens is 2. The summed E-state index contributed by atoms with van der Waals surface area (Å²) in [5.74, 6) is -2.74. The summed E-state index contributed by atoms with van der Waals surface area (Å²) in [6, 6.07) is 7.51. The maximum Gasteiger partial charge on any atom is 0.276 e. The molecular weight excluding hydrogens is 302 g/mol. The summed E-state index contributed by atoms with van der Waals surface area (Å²) in [6.45, 7) is 0. The van der Waals surface area contributed by atoms with E-state index in [0.29, 0.717) is 18.5 Å². The van der Waals surface area contributed by atoms with Gasteiger partial charge in [-0.3, -0.25) is 0 Å². The number of hydrogen-bond acceptors (Lipinski definition) is 1. The molecule has 0 atom stereocenters. The van der Waals surface area contributed by atoms with E-state index in [1.54, 1.807) is 4.68 Å². The highest BCUT2D eigenvalue weighted by molar-refractivity contribution is 9.10. The Morgan fingerprint density at radius 2 is 2.17 bits per heavy atom. The third kappa shape index (κ3) is 1.86. The minimum atomic E-state index is -2.74. The van der Waals surface area contributed by atoms with Gasteiger partial charge in [0, 0.05) is 10.9 Å². The normalized spacial score (nSPS) is 17.5. The molecule has 0 radical (unpaired) electrons. The molecule has 1 aliphatic carbocycles. The van der Waals surface area contributed by atoms with E-state index in [0.717, 1.165) is 10.2 Å². The van der Waals surface area contributed by atoms with Crippen LogP contribution in [-0.4, -0.2) is 9.78 Å². The summed E-state index contributed by atoms with van der Waals surface area (Å²) in [6.07, 6.45) is 2.37. The molecule has 1 heterocycles. The number of alkyl halides is 2. The van der Waals surface area contributed by atoms with E-state index < -0.39 is 5.92 Å². The second-order valence-corrected chi connectivity index (χ2v) is 5.37. The van der Waals surface area contributed by atoms with Crippen molar-refractivity contribution in [1.29, 1.82) is 0 Å². The van der Waals surface area contributed by atoms with Gasteiger partial charge in [0.25, 0.3) is 5.92 Å². The lowest BCUT2D eigenvalue weighted by molar-refractivity contribution is -0.0219. The molecule has 0 unspecified atom stereocenters. The summed E-state index contributed by atoms with van der Waals surface area (Å²) >= 11 is 3.38. The Hall–Kier alpha value is -1.23. The third-order valence-corrected chi connectivity index (χ3v) is 3.71. The zero-order valence-electron chi connectivity index (χ0n) is 9.54. The van der Waals surface area contributed by atoms with E-state index in [1.807, 2.05) is 24.3 Å². The third-order valence-electron chi connectivity index (χ3n) is 3.22. The van der Waals surface area contributed by atoms with E-state index in [4.69, 9.17) is 0 Å². The Balaban J connectivity index is 2.13. The monoisotopic (exact) mass is 312 g/mol. The molecule has 3 rings (SSSR count). The highest BCUT2D eigenvalue weighted by Crippen LogP contribution is 2.40. The van der Waals surface area contributed by atoms with Gasteiger partial charge in [0.15, 0.2) is 0 Å². The maximum atomic E-state index is 13.7. The molecule has 5 heteroatoms. The van der Waals surface area contributed by atoms with Crippen molar-refractivity contribution >= 4 is 15.9 Å². The van der Waals surface area contributed by atoms with Crippen LogP contribution in [0.15, 0.2) is 34.9 Å². The number of benzene rings is 1. The lowest BCUT2D eigenvalue weighted by Gasteiger charge is -2.22. The van der Waals surface area contributed by atoms with Crippen molar-refractivity contribution in [3.8, 4) is 5.69 Å². The minimum absolute atomic E-state index is 0.0775. The summed E-state index contributed by atoms with van der Waals surface area (Å²) in [7, 11) is 0. The van der Waals surface area contributed by atoms with Crippen LogP contribution in [0, 0.1) is 0 Å². The van der Waals surface area contributed by atoms with Crippen LogP contribution in [0.1, 0.15) is 24.1 Å². The molecule has 0 fully saturated rings. The number of fused-ring (bicyclic) bond motifs is 1. The van der Waals surface area contributed by atoms with Crippen molar-refractivity contribution in [1.82, 2.24) is 9.78 Å². The van der Waals surface area contributed by atoms with Crippen LogP contribution in [0.3, 0.4) is 0 Å². The van der Waals surface area contributed by atoms with E-state index in [9.17, 15) is 8.78 Å². The number of hydrogen-bond donors (Lipinski definition) is 0. The zero-order chi connectivity index (χ0) is 12.8. The zero-order valence-corrected chi connectivity index (χ0v) is 11.1. The van der Waals surface area contributed by atoms with Gasteiger partial charge < -0.3 is 0 Å². The predicted octanol–water partition coefficient (Wildman–Crippen LogP) is 4.06. The lowest BCUT2D eigenvalue weighted by Crippen LogP contribution is -2.21. The summed E-state index contributed by atoms with van der Waals surface area (Å²) in [5.41, 5.74) is 1.52. The van der Waals surface area contributed by atoms with Gasteiger partial charge >= 0.3 is 0 Å². The van der Waals surface area contributed by atoms with Crippen LogP contribution in [0.2, 0.25) is 0 Å². The SMILES string of the molecule is FC1(F)CCCc2c1cnn2-c1cccc(Br)c1. The van der Waals surface area contributed by atoms with Crippen LogP contribution >= 0.6 is 15.9 Å². The van der Waals surface area contributed by atoms with Gasteiger partial charge in [-0.25, -0.2) is 13.5 Å². The van der Waals surface area contributed by atoms with Crippen molar-refractivity contribution in [2.45, 2.75) is 25.2 Å². The van der Waals surface area contributed by atoms with E-state index in [2.05, 4.69) is 21.0 Å². The van der Waals surface area contributed by atoms with E-state index >= 15 is 0 Å². The molecule has 94 valence electrons. The van der Waals surface area contributed by atoms with Gasteiger partial charge in [0.1, 0.15) is 0 Å². The number of halogens is 3. The summed E-state index contributed by atoms with van der Waals surface area (Å²) in [5, 5.41) is 4.12. The van der Waals surface area contributed by atoms with Crippen molar-refractivity contribution in [2.24, 2.45) is 0 Å². The predicted molar refractivity (Wildman–Crippen MR) is 68.1 cm³/mol. The van der Waals surface area contributed by atoms with Gasteiger partial charge in [-0.15, -0.1) is 0 Å². The standard InChI is InChI=1S/C13H11BrF2N2/c14-9-3-1-4-10(7-9)18-12-5-2-6-13(15,16)11(12)8-17-18/h1,3-4,7-8H,2,5-6H2. The number of nitrogens with zero attached hydrogens (tertiary/aromatic N) is 2. The first kappa shape index (κ1) is 11.8. The van der Waals surface area contributed by atoms with Crippen LogP contribution < -0.4 is 0 Å². The molecule has 0 N–H and O–H groups in total. The first-order valence-corrected chi connectivity index (χ1v) is 6.58. The molecule has 0 aliphatic heterocycles. The van der Waals surface area contributed by atoms with Crippen LogP contribution in [-0.2, 0) is 12.3 Å². The molecule has 1 aromatic carbocycles. The lowest BCUT2D eigenvalue weighted by atomic mass is 9.94. The molecular formula is C13H11BrF2N2. The Kier molecular flexibility index (Phi) is 2.73. The molecule has 0 spiro atoms. The molecule has 0 amide bonds. The van der Waals surface area contributed by atoms with Crippen molar-refractivity contribution in [3.63, 3.8) is 0 Å². The van der Waals surface area contributed by atoms with E-state index in [1.165, 1.54) is 6.20 Å². The second kappa shape index (κ2) is 4.16. The van der Waals surface area contributed by atoms with Crippen molar-refractivity contribution < 1.29 is 8.78 Å². The average Bonchev–Trinajstić information content (AvgIpc) is 2.74. The highest BCUT2D eigenvalue weighted by atomic mass is 79.9. The molecule has 2 nitrogen and oxygen atoms in total. The smallest absolute Gasteiger partial charge is 0.237 e. The fourth-order valence-electron chi connectivity index (χ4n) is 2.36. The first-order valence-electron chi connectivity index (χ1n) is 5.79. The molecule has 1 aromatic heterocycles. The summed E-state index contributed by atoms with van der Waals surface area (Å²) in [4.78, 5) is 0. The molecule has 0 saturated carbocycles. The molecule has 2 aromatic rings. The molecule has 0 saturated heterocycles. The van der Waals surface area contributed by atoms with E-state index in [-0.39, 0.29) is 12.0 Å². The Morgan fingerprint density at radius 1 is 1.33 bits per heavy atom. The maximum absolute atomic E-state index is 13.7. The Bertz CT molecular complexity index is 592. The summed E-state index contributed by atoms with van der Waals surface area (Å²) < 4.78 is 30.0. The average molecular weight is 313 g/mol. The van der Waals surface area contributed by atoms with Crippen LogP contribution in [0.25, 0.3) is 5.69 Å². The quantitative estimate of drug-likeness (QED) is 0.776. The molecule has 18 heavy (non-hydrogen) atoms. The first-order chi connectivity index (χ1) is 8.58. The van der Waals surface area contributed by atoms with Gasteiger partial charge in [0.2, 0.25) is 0 Å². The fourth-order valence-corrected chi connectivity index (χ4v) is 2.75. The van der Waals surface area contributed by atoms with Gasteiger partial charge in [-0.2, -0.15) is 5.10 Å². The van der Waals surface area contributed by atoms with Gasteiger partial charge in [-0.1, -0.05) is 22.0 Å². The Labute approximate surface area is 112 Å². The highest BCUT2D eigenvalue weighted by Gasteiger charge is 2.39. The van der Waals surface area contributed by atoms with Crippen molar-refractivity contribution in [3.05, 3.63) is 46.2 Å². The topological polar surface area (TPSA) is 17.8 Å². The van der Waals surface area contributed by atoms with Gasteiger partial charge in [0.05, 0.1) is 23.1 Å². The van der Waals surface area contributed by atoms with Crippen LogP contribution in [0.5, 0.6) is 0 Å². The molecule has 0 bridgehead atoms. The largest absolute Gasteiger partial charge is 0.276 e. The number of rotatable bonds is 1. The molecule has 1 aliphatic rings. The minimum Gasteiger partial charge on any atom is -0.237 e. The second-order valence-electron chi connectivity index (χ2n) is 4.45. The van der Waals surface area contributed by atoms with Crippen LogP contribution in [0.4, 0.5) is 8.78 Å². The van der Waals surface area contributed by atoms with Crippen molar-refractivity contribution in [2.75, 3.05) is 0 Å². The fraction of sp³-hybridized carbons (Fsp3) is 0.308. The van der Waals surface area contributed by atoms with Gasteiger partial charge in [-0.05, 0) is 31.0 Å². The Morgan fingerprint density at radius 3 is 2.94 bits per heavy atom.